The van der Waals surface area contributed by atoms with Crippen molar-refractivity contribution >= 4 is 17.4 Å². The van der Waals surface area contributed by atoms with Gasteiger partial charge in [0, 0.05) is 11.8 Å². The van der Waals surface area contributed by atoms with Gasteiger partial charge in [-0.1, -0.05) is 6.07 Å². The Morgan fingerprint density at radius 2 is 2.39 bits per heavy atom. The van der Waals surface area contributed by atoms with Gasteiger partial charge in [-0.2, -0.15) is 5.26 Å². The van der Waals surface area contributed by atoms with Gasteiger partial charge >= 0.3 is 0 Å². The van der Waals surface area contributed by atoms with Crippen LogP contribution >= 0.6 is 0 Å². The van der Waals surface area contributed by atoms with Gasteiger partial charge in [-0.3, -0.25) is 9.59 Å². The van der Waals surface area contributed by atoms with Crippen LogP contribution in [0.3, 0.4) is 0 Å². The number of anilines is 1. The maximum Gasteiger partial charge on any atom is 0.230 e. The highest BCUT2D eigenvalue weighted by Crippen LogP contribution is 2.31. The van der Waals surface area contributed by atoms with E-state index in [1.54, 1.807) is 24.3 Å². The predicted octanol–water partition coefficient (Wildman–Crippen LogP) is 1.28. The number of carbonyl (C=O) groups is 2. The zero-order valence-corrected chi connectivity index (χ0v) is 9.92. The van der Waals surface area contributed by atoms with Crippen molar-refractivity contribution in [2.75, 3.05) is 12.0 Å². The number of Topliss-reactive ketones (excluding diaryl/α,β-unsaturated/α-hetero) is 1. The molecule has 0 bridgehead atoms. The SMILES string of the molecule is COc1cccc(N2C(=O)CC2C(=O)CC#N)c1. The van der Waals surface area contributed by atoms with E-state index < -0.39 is 6.04 Å². The maximum absolute atomic E-state index is 11.7. The lowest BCUT2D eigenvalue weighted by atomic mass is 9.95. The van der Waals surface area contributed by atoms with E-state index in [0.29, 0.717) is 11.4 Å². The molecule has 18 heavy (non-hydrogen) atoms. The smallest absolute Gasteiger partial charge is 0.230 e. The van der Waals surface area contributed by atoms with Gasteiger partial charge in [-0.05, 0) is 12.1 Å². The van der Waals surface area contributed by atoms with E-state index in [4.69, 9.17) is 10.00 Å². The lowest BCUT2D eigenvalue weighted by Crippen LogP contribution is -2.56. The van der Waals surface area contributed by atoms with E-state index in [9.17, 15) is 9.59 Å². The topological polar surface area (TPSA) is 70.4 Å². The minimum Gasteiger partial charge on any atom is -0.497 e. The maximum atomic E-state index is 11.7. The summed E-state index contributed by atoms with van der Waals surface area (Å²) in [5.74, 6) is 0.290. The minimum atomic E-state index is -0.510. The summed E-state index contributed by atoms with van der Waals surface area (Å²) < 4.78 is 5.08. The Morgan fingerprint density at radius 3 is 3.00 bits per heavy atom. The van der Waals surface area contributed by atoms with Crippen LogP contribution in [0, 0.1) is 11.3 Å². The summed E-state index contributed by atoms with van der Waals surface area (Å²) in [6.07, 6.45) is 0.0101. The molecule has 0 spiro atoms. The molecule has 1 amide bonds. The Hall–Kier alpha value is -2.35. The van der Waals surface area contributed by atoms with Gasteiger partial charge in [0.05, 0.1) is 26.0 Å². The van der Waals surface area contributed by atoms with Crippen molar-refractivity contribution in [2.45, 2.75) is 18.9 Å². The first-order valence-corrected chi connectivity index (χ1v) is 5.53. The number of carbonyl (C=O) groups excluding carboxylic acids is 2. The highest BCUT2D eigenvalue weighted by atomic mass is 16.5. The Kier molecular flexibility index (Phi) is 3.28. The number of ether oxygens (including phenoxy) is 1. The van der Waals surface area contributed by atoms with Crippen molar-refractivity contribution in [3.05, 3.63) is 24.3 Å². The predicted molar refractivity (Wildman–Crippen MR) is 64.1 cm³/mol. The average Bonchev–Trinajstić information content (AvgIpc) is 2.36. The number of nitriles is 1. The fourth-order valence-electron chi connectivity index (χ4n) is 1.95. The van der Waals surface area contributed by atoms with Crippen LogP contribution in [0.4, 0.5) is 5.69 Å². The van der Waals surface area contributed by atoms with Gasteiger partial charge < -0.3 is 9.64 Å². The molecule has 1 heterocycles. The second-order valence-electron chi connectivity index (χ2n) is 3.99. The van der Waals surface area contributed by atoms with E-state index in [-0.39, 0.29) is 24.5 Å². The Morgan fingerprint density at radius 1 is 1.61 bits per heavy atom. The molecule has 0 radical (unpaired) electrons. The first-order chi connectivity index (χ1) is 8.67. The average molecular weight is 244 g/mol. The highest BCUT2D eigenvalue weighted by Gasteiger charge is 2.41. The zero-order chi connectivity index (χ0) is 13.1. The third kappa shape index (κ3) is 2.05. The van der Waals surface area contributed by atoms with Crippen LogP contribution in [0.25, 0.3) is 0 Å². The van der Waals surface area contributed by atoms with Gasteiger partial charge in [0.2, 0.25) is 5.91 Å². The Bertz CT molecular complexity index is 533. The number of hydrogen-bond donors (Lipinski definition) is 0. The van der Waals surface area contributed by atoms with Crippen LogP contribution < -0.4 is 9.64 Å². The lowest BCUT2D eigenvalue weighted by Gasteiger charge is -2.39. The number of amides is 1. The van der Waals surface area contributed by atoms with Crippen molar-refractivity contribution in [2.24, 2.45) is 0 Å². The largest absolute Gasteiger partial charge is 0.497 e. The molecule has 1 unspecified atom stereocenters. The highest BCUT2D eigenvalue weighted by molar-refractivity contribution is 6.10. The second-order valence-corrected chi connectivity index (χ2v) is 3.99. The molecule has 1 aromatic carbocycles. The summed E-state index contributed by atoms with van der Waals surface area (Å²) in [4.78, 5) is 24.7. The third-order valence-electron chi connectivity index (χ3n) is 2.90. The fraction of sp³-hybridized carbons (Fsp3) is 0.308. The summed E-state index contributed by atoms with van der Waals surface area (Å²) >= 11 is 0. The van der Waals surface area contributed by atoms with Crippen LogP contribution in [-0.4, -0.2) is 24.8 Å². The number of rotatable bonds is 4. The van der Waals surface area contributed by atoms with Crippen molar-refractivity contribution in [3.63, 3.8) is 0 Å². The molecule has 92 valence electrons. The zero-order valence-electron chi connectivity index (χ0n) is 9.92. The van der Waals surface area contributed by atoms with Gasteiger partial charge in [0.25, 0.3) is 0 Å². The minimum absolute atomic E-state index is 0.112. The van der Waals surface area contributed by atoms with Crippen molar-refractivity contribution in [3.8, 4) is 11.8 Å². The number of nitrogens with zero attached hydrogens (tertiary/aromatic N) is 2. The van der Waals surface area contributed by atoms with Crippen LogP contribution in [-0.2, 0) is 9.59 Å². The number of ketones is 1. The van der Waals surface area contributed by atoms with E-state index in [2.05, 4.69) is 0 Å². The molecule has 0 aliphatic carbocycles. The summed E-state index contributed by atoms with van der Waals surface area (Å²) in [5.41, 5.74) is 0.627. The third-order valence-corrected chi connectivity index (χ3v) is 2.90. The Labute approximate surface area is 105 Å². The molecule has 0 saturated carbocycles. The van der Waals surface area contributed by atoms with Crippen LogP contribution in [0.5, 0.6) is 5.75 Å². The molecule has 2 rings (SSSR count). The summed E-state index contributed by atoms with van der Waals surface area (Å²) in [7, 11) is 1.54. The monoisotopic (exact) mass is 244 g/mol. The normalized spacial score (nSPS) is 17.9. The Balaban J connectivity index is 2.22. The van der Waals surface area contributed by atoms with E-state index >= 15 is 0 Å². The molecule has 1 aromatic rings. The molecule has 1 fully saturated rings. The van der Waals surface area contributed by atoms with E-state index in [1.165, 1.54) is 12.0 Å². The quantitative estimate of drug-likeness (QED) is 0.748. The molecular formula is C13H12N2O3. The molecule has 1 aliphatic rings. The molecular weight excluding hydrogens is 232 g/mol. The fourth-order valence-corrected chi connectivity index (χ4v) is 1.95. The number of hydrogen-bond acceptors (Lipinski definition) is 4. The second kappa shape index (κ2) is 4.88. The van der Waals surface area contributed by atoms with Crippen molar-refractivity contribution < 1.29 is 14.3 Å². The van der Waals surface area contributed by atoms with E-state index in [1.807, 2.05) is 6.07 Å². The molecule has 1 aliphatic heterocycles. The van der Waals surface area contributed by atoms with E-state index in [0.717, 1.165) is 0 Å². The van der Waals surface area contributed by atoms with Gasteiger partial charge in [-0.15, -0.1) is 0 Å². The summed E-state index contributed by atoms with van der Waals surface area (Å²) in [6.45, 7) is 0. The van der Waals surface area contributed by atoms with Crippen LogP contribution in [0.15, 0.2) is 24.3 Å². The first kappa shape index (κ1) is 12.1. The lowest BCUT2D eigenvalue weighted by molar-refractivity contribution is -0.131. The van der Waals surface area contributed by atoms with Crippen molar-refractivity contribution in [1.29, 1.82) is 5.26 Å². The number of methoxy groups -OCH3 is 1. The standard InChI is InChI=1S/C13H12N2O3/c1-18-10-4-2-3-9(7-10)15-11(8-13(15)17)12(16)5-6-14/h2-4,7,11H,5,8H2,1H3. The molecule has 5 nitrogen and oxygen atoms in total. The van der Waals surface area contributed by atoms with Crippen molar-refractivity contribution in [1.82, 2.24) is 0 Å². The van der Waals surface area contributed by atoms with Crippen LogP contribution in [0.1, 0.15) is 12.8 Å². The summed E-state index contributed by atoms with van der Waals surface area (Å²) in [5, 5.41) is 8.52. The molecule has 1 saturated heterocycles. The molecule has 1 atom stereocenters. The number of benzene rings is 1. The summed E-state index contributed by atoms with van der Waals surface area (Å²) in [6, 6.07) is 8.26. The molecule has 5 heteroatoms. The number of β-lactam (4-membered cyclic amide) rings is 1. The molecule has 0 N–H and O–H groups in total. The van der Waals surface area contributed by atoms with Gasteiger partial charge in [0.1, 0.15) is 11.8 Å². The van der Waals surface area contributed by atoms with Crippen LogP contribution in [0.2, 0.25) is 0 Å². The van der Waals surface area contributed by atoms with Gasteiger partial charge in [-0.25, -0.2) is 0 Å². The van der Waals surface area contributed by atoms with Gasteiger partial charge in [0.15, 0.2) is 5.78 Å². The molecule has 0 aromatic heterocycles. The first-order valence-electron chi connectivity index (χ1n) is 5.53.